The number of nitrogens with two attached hydrogens (primary N) is 1. The highest BCUT2D eigenvalue weighted by molar-refractivity contribution is 5.78. The van der Waals surface area contributed by atoms with Crippen molar-refractivity contribution in [3.8, 4) is 16.9 Å². The van der Waals surface area contributed by atoms with Crippen molar-refractivity contribution in [3.63, 3.8) is 0 Å². The molecule has 0 aliphatic rings. The molecule has 2 aromatic rings. The van der Waals surface area contributed by atoms with Crippen molar-refractivity contribution in [2.45, 2.75) is 33.1 Å². The Hall–Kier alpha value is -1.97. The fraction of sp³-hybridized carbons (Fsp3) is 0.438. The fourth-order valence-corrected chi connectivity index (χ4v) is 2.37. The largest absolute Gasteiger partial charge is 0.496 e. The van der Waals surface area contributed by atoms with Crippen molar-refractivity contribution in [1.29, 1.82) is 0 Å². The Kier molecular flexibility index (Phi) is 4.02. The minimum Gasteiger partial charge on any atom is -0.496 e. The van der Waals surface area contributed by atoms with Gasteiger partial charge in [0.25, 0.3) is 0 Å². The highest BCUT2D eigenvalue weighted by atomic mass is 16.5. The van der Waals surface area contributed by atoms with Crippen LogP contribution in [0.4, 0.5) is 5.82 Å². The third-order valence-corrected chi connectivity index (χ3v) is 3.89. The number of aromatic nitrogens is 2. The Balaban J connectivity index is 2.62. The van der Waals surface area contributed by atoms with Crippen molar-refractivity contribution in [2.24, 2.45) is 7.05 Å². The summed E-state index contributed by atoms with van der Waals surface area (Å²) in [5, 5.41) is 4.59. The molecule has 1 heterocycles. The van der Waals surface area contributed by atoms with E-state index in [1.165, 1.54) is 0 Å². The Morgan fingerprint density at radius 3 is 2.70 bits per heavy atom. The molecule has 0 bridgehead atoms. The van der Waals surface area contributed by atoms with Crippen LogP contribution in [0.1, 0.15) is 37.4 Å². The zero-order chi connectivity index (χ0) is 14.9. The van der Waals surface area contributed by atoms with Crippen LogP contribution in [0.15, 0.2) is 18.2 Å². The number of benzene rings is 1. The van der Waals surface area contributed by atoms with Crippen LogP contribution < -0.4 is 10.5 Å². The molecule has 1 aromatic carbocycles. The number of nitrogens with zero attached hydrogens (tertiary/aromatic N) is 2. The van der Waals surface area contributed by atoms with E-state index in [-0.39, 0.29) is 0 Å². The first-order valence-corrected chi connectivity index (χ1v) is 6.96. The van der Waals surface area contributed by atoms with Gasteiger partial charge in [-0.3, -0.25) is 4.68 Å². The highest BCUT2D eigenvalue weighted by Crippen LogP contribution is 2.36. The molecule has 20 heavy (non-hydrogen) atoms. The highest BCUT2D eigenvalue weighted by Gasteiger charge is 2.20. The molecule has 1 unspecified atom stereocenters. The van der Waals surface area contributed by atoms with Gasteiger partial charge in [-0.25, -0.2) is 0 Å². The number of rotatable bonds is 4. The molecule has 0 saturated heterocycles. The first-order chi connectivity index (χ1) is 9.49. The monoisotopic (exact) mass is 273 g/mol. The van der Waals surface area contributed by atoms with E-state index < -0.39 is 0 Å². The molecular weight excluding hydrogens is 250 g/mol. The van der Waals surface area contributed by atoms with Gasteiger partial charge in [-0.1, -0.05) is 26.0 Å². The maximum Gasteiger partial charge on any atom is 0.129 e. The zero-order valence-corrected chi connectivity index (χ0v) is 12.9. The molecule has 0 aliphatic carbocycles. The van der Waals surface area contributed by atoms with Gasteiger partial charge in [0, 0.05) is 18.5 Å². The molecule has 4 nitrogen and oxygen atoms in total. The van der Waals surface area contributed by atoms with Crippen molar-refractivity contribution < 1.29 is 4.74 Å². The molecule has 2 rings (SSSR count). The van der Waals surface area contributed by atoms with Gasteiger partial charge in [-0.2, -0.15) is 5.10 Å². The molecule has 0 spiro atoms. The first-order valence-electron chi connectivity index (χ1n) is 6.96. The topological polar surface area (TPSA) is 53.1 Å². The van der Waals surface area contributed by atoms with Gasteiger partial charge < -0.3 is 10.5 Å². The van der Waals surface area contributed by atoms with Gasteiger partial charge >= 0.3 is 0 Å². The van der Waals surface area contributed by atoms with Gasteiger partial charge in [0.05, 0.1) is 12.8 Å². The van der Waals surface area contributed by atoms with Crippen LogP contribution in [-0.4, -0.2) is 16.9 Å². The molecule has 2 N–H and O–H groups in total. The lowest BCUT2D eigenvalue weighted by Crippen LogP contribution is -1.98. The minimum atomic E-state index is 0.376. The predicted octanol–water partition coefficient (Wildman–Crippen LogP) is 3.50. The zero-order valence-electron chi connectivity index (χ0n) is 12.9. The summed E-state index contributed by atoms with van der Waals surface area (Å²) in [4.78, 5) is 0. The predicted molar refractivity (Wildman–Crippen MR) is 83.1 cm³/mol. The number of ether oxygens (including phenoxy) is 1. The third kappa shape index (κ3) is 2.38. The van der Waals surface area contributed by atoms with Crippen molar-refractivity contribution in [3.05, 3.63) is 29.5 Å². The molecule has 0 fully saturated rings. The molecule has 1 aromatic heterocycles. The van der Waals surface area contributed by atoms with E-state index in [1.807, 2.05) is 20.0 Å². The van der Waals surface area contributed by atoms with Gasteiger partial charge in [0.1, 0.15) is 11.6 Å². The van der Waals surface area contributed by atoms with Crippen molar-refractivity contribution in [1.82, 2.24) is 9.78 Å². The van der Waals surface area contributed by atoms with E-state index in [9.17, 15) is 0 Å². The lowest BCUT2D eigenvalue weighted by molar-refractivity contribution is 0.412. The van der Waals surface area contributed by atoms with Crippen LogP contribution in [0.2, 0.25) is 0 Å². The fourth-order valence-electron chi connectivity index (χ4n) is 2.37. The van der Waals surface area contributed by atoms with Crippen LogP contribution in [0.25, 0.3) is 11.1 Å². The smallest absolute Gasteiger partial charge is 0.129 e. The molecule has 0 aliphatic heterocycles. The minimum absolute atomic E-state index is 0.376. The van der Waals surface area contributed by atoms with Gasteiger partial charge in [0.2, 0.25) is 0 Å². The van der Waals surface area contributed by atoms with E-state index in [0.717, 1.165) is 34.6 Å². The molecule has 1 atom stereocenters. The molecule has 0 amide bonds. The normalized spacial score (nSPS) is 12.4. The average Bonchev–Trinajstić information content (AvgIpc) is 2.75. The van der Waals surface area contributed by atoms with Crippen LogP contribution in [0, 0.1) is 6.92 Å². The summed E-state index contributed by atoms with van der Waals surface area (Å²) < 4.78 is 7.17. The Morgan fingerprint density at radius 1 is 1.40 bits per heavy atom. The number of aryl methyl sites for hydroxylation is 2. The van der Waals surface area contributed by atoms with Crippen LogP contribution >= 0.6 is 0 Å². The Bertz CT molecular complexity index is 616. The van der Waals surface area contributed by atoms with E-state index in [4.69, 9.17) is 10.5 Å². The molecule has 0 saturated carbocycles. The summed E-state index contributed by atoms with van der Waals surface area (Å²) in [5.74, 6) is 1.95. The maximum absolute atomic E-state index is 6.22. The van der Waals surface area contributed by atoms with Crippen LogP contribution in [-0.2, 0) is 7.05 Å². The summed E-state index contributed by atoms with van der Waals surface area (Å²) in [6, 6.07) is 6.17. The standard InChI is InChI=1S/C16H23N3O/c1-6-10(2)15-14(16(17)19(4)18-15)12-8-7-11(3)13(9-12)20-5/h7-10H,6,17H2,1-5H3. The summed E-state index contributed by atoms with van der Waals surface area (Å²) in [6.45, 7) is 6.37. The number of methoxy groups -OCH3 is 1. The van der Waals surface area contributed by atoms with E-state index in [2.05, 4.69) is 31.1 Å². The SMILES string of the molecule is CCC(C)c1nn(C)c(N)c1-c1ccc(C)c(OC)c1. The van der Waals surface area contributed by atoms with E-state index >= 15 is 0 Å². The molecule has 108 valence electrons. The summed E-state index contributed by atoms with van der Waals surface area (Å²) in [7, 11) is 3.57. The molecule has 0 radical (unpaired) electrons. The second kappa shape index (κ2) is 5.57. The number of hydrogen-bond acceptors (Lipinski definition) is 3. The summed E-state index contributed by atoms with van der Waals surface area (Å²) >= 11 is 0. The lowest BCUT2D eigenvalue weighted by Gasteiger charge is -2.11. The first kappa shape index (κ1) is 14.4. The summed E-state index contributed by atoms with van der Waals surface area (Å²) in [6.07, 6.45) is 1.03. The van der Waals surface area contributed by atoms with Crippen molar-refractivity contribution >= 4 is 5.82 Å². The summed E-state index contributed by atoms with van der Waals surface area (Å²) in [5.41, 5.74) is 10.5. The van der Waals surface area contributed by atoms with Gasteiger partial charge in [0.15, 0.2) is 0 Å². The number of anilines is 1. The number of nitrogen functional groups attached to an aromatic ring is 1. The molecule has 4 heteroatoms. The van der Waals surface area contributed by atoms with Gasteiger partial charge in [-0.15, -0.1) is 0 Å². The van der Waals surface area contributed by atoms with Crippen molar-refractivity contribution in [2.75, 3.05) is 12.8 Å². The van der Waals surface area contributed by atoms with E-state index in [0.29, 0.717) is 11.7 Å². The molecular formula is C16H23N3O. The van der Waals surface area contributed by atoms with Gasteiger partial charge in [-0.05, 0) is 30.5 Å². The Morgan fingerprint density at radius 2 is 2.10 bits per heavy atom. The third-order valence-electron chi connectivity index (χ3n) is 3.89. The van der Waals surface area contributed by atoms with E-state index in [1.54, 1.807) is 11.8 Å². The second-order valence-corrected chi connectivity index (χ2v) is 5.26. The number of hydrogen-bond donors (Lipinski definition) is 1. The average molecular weight is 273 g/mol. The lowest BCUT2D eigenvalue weighted by atomic mass is 9.95. The van der Waals surface area contributed by atoms with Crippen LogP contribution in [0.3, 0.4) is 0 Å². The van der Waals surface area contributed by atoms with Crippen LogP contribution in [0.5, 0.6) is 5.75 Å². The second-order valence-electron chi connectivity index (χ2n) is 5.26. The maximum atomic E-state index is 6.22. The Labute approximate surface area is 120 Å². The quantitative estimate of drug-likeness (QED) is 0.927.